The number of aromatic amines is 1. The molecule has 6 nitrogen and oxygen atoms in total. The first kappa shape index (κ1) is 16.0. The zero-order chi connectivity index (χ0) is 17.4. The van der Waals surface area contributed by atoms with E-state index < -0.39 is 22.4 Å². The largest absolute Gasteiger partial charge is 0.505 e. The molecule has 0 amide bonds. The number of rotatable bonds is 6. The van der Waals surface area contributed by atoms with E-state index in [2.05, 4.69) is 15.0 Å². The Bertz CT molecular complexity index is 916. The van der Waals surface area contributed by atoms with Gasteiger partial charge in [-0.2, -0.15) is 0 Å². The second-order valence-electron chi connectivity index (χ2n) is 6.09. The predicted molar refractivity (Wildman–Crippen MR) is 90.3 cm³/mol. The van der Waals surface area contributed by atoms with Crippen LogP contribution in [0, 0.1) is 11.7 Å². The highest BCUT2D eigenvalue weighted by Crippen LogP contribution is 2.29. The summed E-state index contributed by atoms with van der Waals surface area (Å²) in [6.07, 6.45) is 4.05. The number of hydrogen-bond acceptors (Lipinski definition) is 5. The highest BCUT2D eigenvalue weighted by Gasteiger charge is 2.22. The number of benzene rings is 1. The maximum absolute atomic E-state index is 13.4. The molecular formula is C17H16FN3O3S. The number of fused-ring (bicyclic) bond motifs is 1. The zero-order valence-corrected chi connectivity index (χ0v) is 14.1. The Morgan fingerprint density at radius 1 is 1.36 bits per heavy atom. The van der Waals surface area contributed by atoms with Crippen LogP contribution in [0.2, 0.25) is 0 Å². The van der Waals surface area contributed by atoms with Crippen LogP contribution in [0.15, 0.2) is 35.6 Å². The summed E-state index contributed by atoms with van der Waals surface area (Å²) in [4.78, 5) is 11.2. The Morgan fingerprint density at radius 3 is 3.00 bits per heavy atom. The van der Waals surface area contributed by atoms with E-state index in [0.29, 0.717) is 35.0 Å². The average molecular weight is 361 g/mol. The van der Waals surface area contributed by atoms with Gasteiger partial charge in [-0.25, -0.2) is 9.37 Å². The number of ether oxygens (including phenoxy) is 1. The van der Waals surface area contributed by atoms with Crippen molar-refractivity contribution in [3.8, 4) is 11.5 Å². The van der Waals surface area contributed by atoms with Crippen LogP contribution < -0.4 is 4.74 Å². The second kappa shape index (κ2) is 6.44. The summed E-state index contributed by atoms with van der Waals surface area (Å²) in [5, 5.41) is 9.61. The molecule has 1 saturated carbocycles. The third-order valence-electron chi connectivity index (χ3n) is 3.99. The molecule has 2 aromatic heterocycles. The van der Waals surface area contributed by atoms with E-state index in [1.165, 1.54) is 18.9 Å². The quantitative estimate of drug-likeness (QED) is 0.705. The van der Waals surface area contributed by atoms with E-state index in [0.717, 1.165) is 6.07 Å². The smallest absolute Gasteiger partial charge is 0.197 e. The number of imidazole rings is 1. The summed E-state index contributed by atoms with van der Waals surface area (Å²) in [6, 6.07) is 5.88. The molecule has 0 radical (unpaired) electrons. The number of phenolic OH excluding ortho intramolecular Hbond substituents is 1. The molecule has 8 heteroatoms. The molecule has 0 bridgehead atoms. The summed E-state index contributed by atoms with van der Waals surface area (Å²) in [7, 11) is -1.48. The van der Waals surface area contributed by atoms with Crippen molar-refractivity contribution < 1.29 is 18.4 Å². The van der Waals surface area contributed by atoms with Crippen molar-refractivity contribution in [1.29, 1.82) is 0 Å². The van der Waals surface area contributed by atoms with Crippen LogP contribution in [0.25, 0.3) is 11.0 Å². The molecule has 1 aliphatic rings. The van der Waals surface area contributed by atoms with Gasteiger partial charge in [0.1, 0.15) is 5.75 Å². The highest BCUT2D eigenvalue weighted by atomic mass is 32.2. The average Bonchev–Trinajstić information content (AvgIpc) is 3.33. The Kier molecular flexibility index (Phi) is 4.12. The fourth-order valence-electron chi connectivity index (χ4n) is 2.43. The summed E-state index contributed by atoms with van der Waals surface area (Å²) in [6.45, 7) is 0.700. The van der Waals surface area contributed by atoms with Crippen LogP contribution in [0.5, 0.6) is 11.5 Å². The summed E-state index contributed by atoms with van der Waals surface area (Å²) >= 11 is 0. The third-order valence-corrected chi connectivity index (χ3v) is 5.18. The fraction of sp³-hybridized carbons (Fsp3) is 0.294. The molecule has 3 aromatic rings. The molecule has 1 unspecified atom stereocenters. The number of H-pyrrole nitrogens is 1. The van der Waals surface area contributed by atoms with Crippen molar-refractivity contribution in [3.63, 3.8) is 0 Å². The molecular weight excluding hydrogens is 345 g/mol. The minimum atomic E-state index is -1.48. The third kappa shape index (κ3) is 3.63. The molecule has 1 aliphatic carbocycles. The van der Waals surface area contributed by atoms with Crippen molar-refractivity contribution in [1.82, 2.24) is 15.0 Å². The summed E-state index contributed by atoms with van der Waals surface area (Å²) in [5.41, 5.74) is 1.37. The second-order valence-corrected chi connectivity index (χ2v) is 7.46. The van der Waals surface area contributed by atoms with Crippen molar-refractivity contribution in [2.45, 2.75) is 23.8 Å². The first-order valence-corrected chi connectivity index (χ1v) is 9.25. The number of aromatic hydroxyl groups is 1. The Hall–Kier alpha value is -2.48. The number of hydrogen-bond donors (Lipinski definition) is 2. The van der Waals surface area contributed by atoms with Gasteiger partial charge in [0.05, 0.1) is 39.9 Å². The molecule has 0 aliphatic heterocycles. The normalized spacial score (nSPS) is 15.4. The molecule has 1 fully saturated rings. The summed E-state index contributed by atoms with van der Waals surface area (Å²) in [5.74, 6) is 0.285. The van der Waals surface area contributed by atoms with Crippen LogP contribution >= 0.6 is 0 Å². The maximum atomic E-state index is 13.4. The summed E-state index contributed by atoms with van der Waals surface area (Å²) < 4.78 is 31.6. The number of nitrogens with zero attached hydrogens (tertiary/aromatic N) is 2. The van der Waals surface area contributed by atoms with E-state index in [1.807, 2.05) is 0 Å². The van der Waals surface area contributed by atoms with E-state index in [1.54, 1.807) is 18.3 Å². The van der Waals surface area contributed by atoms with Gasteiger partial charge in [0.2, 0.25) is 0 Å². The van der Waals surface area contributed by atoms with E-state index in [-0.39, 0.29) is 10.9 Å². The number of phenols is 1. The lowest BCUT2D eigenvalue weighted by Crippen LogP contribution is -2.03. The topological polar surface area (TPSA) is 88.1 Å². The Morgan fingerprint density at radius 2 is 2.20 bits per heavy atom. The van der Waals surface area contributed by atoms with Crippen LogP contribution in [-0.2, 0) is 16.6 Å². The molecule has 1 atom stereocenters. The van der Waals surface area contributed by atoms with Gasteiger partial charge in [-0.05, 0) is 24.8 Å². The number of pyridine rings is 1. The van der Waals surface area contributed by atoms with E-state index in [4.69, 9.17) is 4.74 Å². The minimum absolute atomic E-state index is 0.162. The number of nitrogens with one attached hydrogen (secondary N) is 1. The van der Waals surface area contributed by atoms with Gasteiger partial charge < -0.3 is 14.8 Å². The van der Waals surface area contributed by atoms with Crippen molar-refractivity contribution in [2.24, 2.45) is 5.92 Å². The molecule has 0 saturated heterocycles. The molecule has 0 spiro atoms. The first-order chi connectivity index (χ1) is 12.1. The van der Waals surface area contributed by atoms with Crippen molar-refractivity contribution in [3.05, 3.63) is 42.0 Å². The molecule has 130 valence electrons. The SMILES string of the molecule is O=S(Cc1cc(OCC2CC2)ccn1)c1nc2cc(O)c(F)cc2[nH]1. The van der Waals surface area contributed by atoms with E-state index >= 15 is 0 Å². The molecule has 25 heavy (non-hydrogen) atoms. The zero-order valence-electron chi connectivity index (χ0n) is 13.2. The molecule has 2 N–H and O–H groups in total. The van der Waals surface area contributed by atoms with Gasteiger partial charge >= 0.3 is 0 Å². The first-order valence-electron chi connectivity index (χ1n) is 7.93. The molecule has 4 rings (SSSR count). The lowest BCUT2D eigenvalue weighted by atomic mass is 10.3. The van der Waals surface area contributed by atoms with Gasteiger partial charge in [-0.3, -0.25) is 9.19 Å². The van der Waals surface area contributed by atoms with Crippen molar-refractivity contribution in [2.75, 3.05) is 6.61 Å². The monoisotopic (exact) mass is 361 g/mol. The minimum Gasteiger partial charge on any atom is -0.505 e. The Balaban J connectivity index is 1.50. The van der Waals surface area contributed by atoms with E-state index in [9.17, 15) is 13.7 Å². The fourth-order valence-corrected chi connectivity index (χ4v) is 3.42. The van der Waals surface area contributed by atoms with Crippen molar-refractivity contribution >= 4 is 21.8 Å². The predicted octanol–water partition coefficient (Wildman–Crippen LogP) is 2.90. The standard InChI is InChI=1S/C17H16FN3O3S/c18-13-6-14-15(7-16(13)22)21-17(20-14)25(23)9-11-5-12(3-4-19-11)24-8-10-1-2-10/h3-7,10,22H,1-2,8-9H2,(H,20,21). The molecule has 1 aromatic carbocycles. The van der Waals surface area contributed by atoms with Gasteiger partial charge in [0.25, 0.3) is 0 Å². The number of halogens is 1. The van der Waals surface area contributed by atoms with Crippen LogP contribution in [0.1, 0.15) is 18.5 Å². The van der Waals surface area contributed by atoms with Gasteiger partial charge in [0, 0.05) is 24.4 Å². The molecule has 2 heterocycles. The highest BCUT2D eigenvalue weighted by molar-refractivity contribution is 7.84. The lowest BCUT2D eigenvalue weighted by molar-refractivity contribution is 0.299. The Labute approximate surface area is 145 Å². The van der Waals surface area contributed by atoms with Gasteiger partial charge in [-0.1, -0.05) is 0 Å². The number of aromatic nitrogens is 3. The lowest BCUT2D eigenvalue weighted by Gasteiger charge is -2.06. The van der Waals surface area contributed by atoms with Crippen LogP contribution in [0.4, 0.5) is 4.39 Å². The maximum Gasteiger partial charge on any atom is 0.197 e. The van der Waals surface area contributed by atoms with Crippen LogP contribution in [-0.4, -0.2) is 30.9 Å². The van der Waals surface area contributed by atoms with Crippen LogP contribution in [0.3, 0.4) is 0 Å². The van der Waals surface area contributed by atoms with Gasteiger partial charge in [0.15, 0.2) is 16.7 Å². The van der Waals surface area contributed by atoms with Gasteiger partial charge in [-0.15, -0.1) is 0 Å².